The van der Waals surface area contributed by atoms with Crippen molar-refractivity contribution in [1.29, 1.82) is 0 Å². The van der Waals surface area contributed by atoms with Crippen LogP contribution in [0.25, 0.3) is 22.0 Å². The number of hydrogen-bond donors (Lipinski definition) is 1. The van der Waals surface area contributed by atoms with E-state index >= 15 is 0 Å². The molecule has 0 radical (unpaired) electrons. The Hall–Kier alpha value is -3.07. The monoisotopic (exact) mass is 503 g/mol. The third-order valence-corrected chi connectivity index (χ3v) is 6.47. The molecule has 1 aromatic carbocycles. The van der Waals surface area contributed by atoms with Crippen LogP contribution in [0, 0.1) is 0 Å². The summed E-state index contributed by atoms with van der Waals surface area (Å²) < 4.78 is 18.0. The number of rotatable bonds is 7. The maximum absolute atomic E-state index is 13.9. The molecule has 1 N–H and O–H groups in total. The van der Waals surface area contributed by atoms with Crippen LogP contribution in [0.15, 0.2) is 41.8 Å². The first-order chi connectivity index (χ1) is 16.4. The molecule has 1 atom stereocenters. The van der Waals surface area contributed by atoms with Crippen molar-refractivity contribution < 1.29 is 19.0 Å². The van der Waals surface area contributed by atoms with Gasteiger partial charge in [-0.15, -0.1) is 0 Å². The Morgan fingerprint density at radius 1 is 1.26 bits per heavy atom. The molecule has 0 spiro atoms. The normalized spacial score (nSPS) is 15.4. The van der Waals surface area contributed by atoms with E-state index in [1.807, 2.05) is 0 Å². The third-order valence-electron chi connectivity index (χ3n) is 5.72. The minimum atomic E-state index is -0.310. The molecule has 1 unspecified atom stereocenters. The maximum Gasteiger partial charge on any atom is 0.259 e. The molecule has 1 fully saturated rings. The Labute approximate surface area is 206 Å². The van der Waals surface area contributed by atoms with E-state index in [0.29, 0.717) is 58.9 Å². The second-order valence-electron chi connectivity index (χ2n) is 7.69. The zero-order valence-electron chi connectivity index (χ0n) is 18.7. The number of carbonyl (C=O) groups is 1. The van der Waals surface area contributed by atoms with E-state index in [0.717, 1.165) is 0 Å². The van der Waals surface area contributed by atoms with Gasteiger partial charge in [0.1, 0.15) is 11.5 Å². The van der Waals surface area contributed by atoms with E-state index in [9.17, 15) is 9.59 Å². The molecule has 1 aliphatic heterocycles. The quantitative estimate of drug-likeness (QED) is 0.487. The first-order valence-corrected chi connectivity index (χ1v) is 11.3. The number of pyridine rings is 2. The van der Waals surface area contributed by atoms with Gasteiger partial charge in [0.2, 0.25) is 5.91 Å². The number of hydrogen-bond acceptors (Lipinski definition) is 6. The van der Waals surface area contributed by atoms with Crippen LogP contribution in [0.2, 0.25) is 10.0 Å². The van der Waals surface area contributed by atoms with Crippen molar-refractivity contribution in [2.75, 3.05) is 27.4 Å². The first kappa shape index (κ1) is 24.1. The van der Waals surface area contributed by atoms with Gasteiger partial charge in [-0.1, -0.05) is 29.8 Å². The van der Waals surface area contributed by atoms with E-state index in [-0.39, 0.29) is 34.1 Å². The van der Waals surface area contributed by atoms with Crippen molar-refractivity contribution in [2.24, 2.45) is 0 Å². The number of nitrogens with zero attached hydrogens (tertiary/aromatic N) is 2. The number of methoxy groups -OCH3 is 2. The first-order valence-electron chi connectivity index (χ1n) is 10.5. The number of nitrogens with one attached hydrogen (secondary N) is 1. The summed E-state index contributed by atoms with van der Waals surface area (Å²) >= 11 is 13.2. The smallest absolute Gasteiger partial charge is 0.259 e. The highest BCUT2D eigenvalue weighted by Gasteiger charge is 2.26. The maximum atomic E-state index is 13.9. The van der Waals surface area contributed by atoms with Crippen molar-refractivity contribution in [3.05, 3.63) is 63.1 Å². The van der Waals surface area contributed by atoms with Crippen LogP contribution >= 0.6 is 23.2 Å². The molecule has 1 amide bonds. The zero-order valence-corrected chi connectivity index (χ0v) is 20.2. The zero-order chi connectivity index (χ0) is 24.4. The van der Waals surface area contributed by atoms with E-state index in [2.05, 4.69) is 16.9 Å². The molecule has 2 aromatic heterocycles. The molecular formula is C24H23Cl2N3O5. The van der Waals surface area contributed by atoms with Gasteiger partial charge in [0.15, 0.2) is 0 Å². The predicted octanol–water partition coefficient (Wildman–Crippen LogP) is 4.15. The third kappa shape index (κ3) is 4.36. The summed E-state index contributed by atoms with van der Waals surface area (Å²) in [5, 5.41) is 3.81. The second-order valence-corrected chi connectivity index (χ2v) is 8.45. The molecular weight excluding hydrogens is 481 g/mol. The number of carbonyl (C=O) groups excluding carboxylic acids is 1. The van der Waals surface area contributed by atoms with Gasteiger partial charge < -0.3 is 24.1 Å². The van der Waals surface area contributed by atoms with E-state index in [1.54, 1.807) is 29.0 Å². The summed E-state index contributed by atoms with van der Waals surface area (Å²) in [6.07, 6.45) is 3.51. The fraction of sp³-hybridized carbons (Fsp3) is 0.292. The van der Waals surface area contributed by atoms with Crippen LogP contribution in [0.5, 0.6) is 11.5 Å². The molecule has 4 rings (SSSR count). The molecule has 1 aliphatic rings. The van der Waals surface area contributed by atoms with Gasteiger partial charge >= 0.3 is 0 Å². The molecule has 10 heteroatoms. The Morgan fingerprint density at radius 3 is 2.56 bits per heavy atom. The molecule has 0 aliphatic carbocycles. The Kier molecular flexibility index (Phi) is 7.11. The standard InChI is InChI=1S/C24H23Cl2N3O5/c1-4-20(30)28-11-14-8-17-13(10-27-14)7-16(24(31)29(17)15-5-6-34-12-15)21-22(25)18(32-2)9-19(33-3)23(21)26/h4,7-10,15H,1,5-6,11-12H2,2-3H3,(H,28,30). The fourth-order valence-corrected chi connectivity index (χ4v) is 4.71. The van der Waals surface area contributed by atoms with Gasteiger partial charge in [-0.25, -0.2) is 0 Å². The topological polar surface area (TPSA) is 91.7 Å². The lowest BCUT2D eigenvalue weighted by Gasteiger charge is -2.20. The highest BCUT2D eigenvalue weighted by molar-refractivity contribution is 6.41. The van der Waals surface area contributed by atoms with E-state index < -0.39 is 0 Å². The summed E-state index contributed by atoms with van der Waals surface area (Å²) in [5.41, 5.74) is 1.60. The van der Waals surface area contributed by atoms with Crippen LogP contribution in [0.4, 0.5) is 0 Å². The summed E-state index contributed by atoms with van der Waals surface area (Å²) in [7, 11) is 2.95. The Bertz CT molecular complexity index is 1300. The second kappa shape index (κ2) is 10.0. The molecule has 3 aromatic rings. The van der Waals surface area contributed by atoms with E-state index in [1.165, 1.54) is 20.3 Å². The van der Waals surface area contributed by atoms with Crippen molar-refractivity contribution in [3.63, 3.8) is 0 Å². The molecule has 1 saturated heterocycles. The van der Waals surface area contributed by atoms with Gasteiger partial charge in [-0.05, 0) is 24.6 Å². The summed E-state index contributed by atoms with van der Waals surface area (Å²) in [5.74, 6) is 0.356. The van der Waals surface area contributed by atoms with Crippen molar-refractivity contribution in [2.45, 2.75) is 19.0 Å². The molecule has 8 nitrogen and oxygen atoms in total. The lowest BCUT2D eigenvalue weighted by molar-refractivity contribution is -0.116. The highest BCUT2D eigenvalue weighted by atomic mass is 35.5. The Balaban J connectivity index is 1.97. The number of fused-ring (bicyclic) bond motifs is 1. The average Bonchev–Trinajstić information content (AvgIpc) is 3.37. The molecule has 0 bridgehead atoms. The lowest BCUT2D eigenvalue weighted by atomic mass is 10.0. The van der Waals surface area contributed by atoms with Crippen LogP contribution in [-0.2, 0) is 16.1 Å². The number of aromatic nitrogens is 2. The van der Waals surface area contributed by atoms with E-state index in [4.69, 9.17) is 37.4 Å². The van der Waals surface area contributed by atoms with Gasteiger partial charge in [0, 0.05) is 29.8 Å². The number of amides is 1. The van der Waals surface area contributed by atoms with Crippen LogP contribution in [0.1, 0.15) is 18.2 Å². The minimum Gasteiger partial charge on any atom is -0.495 e. The molecule has 34 heavy (non-hydrogen) atoms. The SMILES string of the molecule is C=CC(=O)NCc1cc2c(cn1)cc(-c1c(Cl)c(OC)cc(OC)c1Cl)c(=O)n2C1CCOC1. The van der Waals surface area contributed by atoms with Gasteiger partial charge in [0.25, 0.3) is 5.56 Å². The average molecular weight is 504 g/mol. The number of benzene rings is 1. The Morgan fingerprint density at radius 2 is 1.97 bits per heavy atom. The molecule has 0 saturated carbocycles. The van der Waals surface area contributed by atoms with Gasteiger partial charge in [-0.3, -0.25) is 14.6 Å². The summed E-state index contributed by atoms with van der Waals surface area (Å²) in [4.78, 5) is 29.9. The van der Waals surface area contributed by atoms with Gasteiger partial charge in [-0.2, -0.15) is 0 Å². The summed E-state index contributed by atoms with van der Waals surface area (Å²) in [6, 6.07) is 4.88. The number of ether oxygens (including phenoxy) is 3. The van der Waals surface area contributed by atoms with Crippen LogP contribution in [0.3, 0.4) is 0 Å². The van der Waals surface area contributed by atoms with Crippen LogP contribution in [-0.4, -0.2) is 42.9 Å². The van der Waals surface area contributed by atoms with Crippen molar-refractivity contribution >= 4 is 40.0 Å². The largest absolute Gasteiger partial charge is 0.495 e. The van der Waals surface area contributed by atoms with Crippen molar-refractivity contribution in [3.8, 4) is 22.6 Å². The fourth-order valence-electron chi connectivity index (χ4n) is 4.01. The molecule has 3 heterocycles. The number of halogens is 2. The van der Waals surface area contributed by atoms with Gasteiger partial charge in [0.05, 0.1) is 60.2 Å². The van der Waals surface area contributed by atoms with Crippen molar-refractivity contribution in [1.82, 2.24) is 14.9 Å². The highest BCUT2D eigenvalue weighted by Crippen LogP contribution is 2.45. The molecule has 178 valence electrons. The lowest BCUT2D eigenvalue weighted by Crippen LogP contribution is -2.27. The minimum absolute atomic E-state index is 0.182. The summed E-state index contributed by atoms with van der Waals surface area (Å²) in [6.45, 7) is 4.59. The predicted molar refractivity (Wildman–Crippen MR) is 131 cm³/mol. The van der Waals surface area contributed by atoms with Crippen LogP contribution < -0.4 is 20.3 Å².